The molecular formula is C22H24ClN3O3S2. The van der Waals surface area contributed by atoms with Gasteiger partial charge in [0.05, 0.1) is 26.7 Å². The molecule has 2 aromatic carbocycles. The van der Waals surface area contributed by atoms with E-state index in [4.69, 9.17) is 16.6 Å². The fraction of sp³-hybridized carbons (Fsp3) is 0.364. The van der Waals surface area contributed by atoms with E-state index in [0.29, 0.717) is 31.2 Å². The Labute approximate surface area is 191 Å². The Morgan fingerprint density at radius 2 is 1.81 bits per heavy atom. The number of fused-ring (bicyclic) bond motifs is 1. The van der Waals surface area contributed by atoms with Gasteiger partial charge in [0.25, 0.3) is 0 Å². The van der Waals surface area contributed by atoms with E-state index in [9.17, 15) is 13.2 Å². The van der Waals surface area contributed by atoms with Crippen molar-refractivity contribution in [3.05, 3.63) is 58.6 Å². The van der Waals surface area contributed by atoms with Gasteiger partial charge in [-0.25, -0.2) is 13.4 Å². The Balaban J connectivity index is 1.32. The van der Waals surface area contributed by atoms with Crippen LogP contribution in [-0.4, -0.2) is 56.1 Å². The van der Waals surface area contributed by atoms with Gasteiger partial charge in [0.2, 0.25) is 5.91 Å². The third-order valence-electron chi connectivity index (χ3n) is 5.45. The number of amides is 1. The maximum Gasteiger partial charge on any atom is 0.223 e. The molecule has 164 valence electrons. The highest BCUT2D eigenvalue weighted by molar-refractivity contribution is 7.90. The minimum absolute atomic E-state index is 0.0190. The van der Waals surface area contributed by atoms with Crippen LogP contribution in [0, 0.1) is 6.92 Å². The van der Waals surface area contributed by atoms with E-state index in [0.717, 1.165) is 26.5 Å². The van der Waals surface area contributed by atoms with Crippen LogP contribution >= 0.6 is 22.9 Å². The number of nitrogens with zero attached hydrogens (tertiary/aromatic N) is 3. The summed E-state index contributed by atoms with van der Waals surface area (Å²) in [6.45, 7) is 4.46. The lowest BCUT2D eigenvalue weighted by Crippen LogP contribution is -2.49. The predicted octanol–water partition coefficient (Wildman–Crippen LogP) is 3.91. The van der Waals surface area contributed by atoms with Crippen LogP contribution in [0.15, 0.2) is 42.5 Å². The van der Waals surface area contributed by atoms with Gasteiger partial charge in [0.15, 0.2) is 15.0 Å². The van der Waals surface area contributed by atoms with Gasteiger partial charge in [0.1, 0.15) is 0 Å². The highest BCUT2D eigenvalue weighted by atomic mass is 35.5. The Morgan fingerprint density at radius 1 is 1.10 bits per heavy atom. The van der Waals surface area contributed by atoms with Crippen molar-refractivity contribution in [2.24, 2.45) is 0 Å². The number of piperazine rings is 1. The topological polar surface area (TPSA) is 70.6 Å². The Bertz CT molecular complexity index is 1150. The summed E-state index contributed by atoms with van der Waals surface area (Å²) in [4.78, 5) is 21.2. The fourth-order valence-electron chi connectivity index (χ4n) is 3.67. The summed E-state index contributed by atoms with van der Waals surface area (Å²) in [6.07, 6.45) is 0.0190. The molecular weight excluding hydrogens is 454 g/mol. The molecule has 0 saturated carbocycles. The molecule has 6 nitrogen and oxygen atoms in total. The first-order chi connectivity index (χ1) is 14.8. The van der Waals surface area contributed by atoms with Crippen LogP contribution in [0.5, 0.6) is 0 Å². The van der Waals surface area contributed by atoms with Gasteiger partial charge in [-0.15, -0.1) is 0 Å². The van der Waals surface area contributed by atoms with E-state index >= 15 is 0 Å². The number of carbonyl (C=O) groups is 1. The van der Waals surface area contributed by atoms with E-state index in [-0.39, 0.29) is 23.8 Å². The fourth-order valence-corrected chi connectivity index (χ4v) is 6.37. The van der Waals surface area contributed by atoms with Crippen LogP contribution in [0.2, 0.25) is 5.02 Å². The van der Waals surface area contributed by atoms with Crippen molar-refractivity contribution < 1.29 is 13.2 Å². The SMILES string of the molecule is Cc1ccc(Cl)c2sc(N3CCN(C(=O)CCS(=O)(=O)Cc4ccccc4)CC3)nc12. The molecule has 0 N–H and O–H groups in total. The quantitative estimate of drug-likeness (QED) is 0.538. The number of thiazole rings is 1. The van der Waals surface area contributed by atoms with Gasteiger partial charge < -0.3 is 9.80 Å². The zero-order valence-corrected chi connectivity index (χ0v) is 19.6. The van der Waals surface area contributed by atoms with Gasteiger partial charge in [-0.3, -0.25) is 4.79 Å². The van der Waals surface area contributed by atoms with Crippen molar-refractivity contribution >= 4 is 54.0 Å². The molecule has 2 heterocycles. The van der Waals surface area contributed by atoms with Crippen molar-refractivity contribution in [3.63, 3.8) is 0 Å². The van der Waals surface area contributed by atoms with Gasteiger partial charge >= 0.3 is 0 Å². The van der Waals surface area contributed by atoms with E-state index < -0.39 is 9.84 Å². The second-order valence-electron chi connectivity index (χ2n) is 7.73. The average Bonchev–Trinajstić information content (AvgIpc) is 3.22. The van der Waals surface area contributed by atoms with E-state index in [1.165, 1.54) is 0 Å². The summed E-state index contributed by atoms with van der Waals surface area (Å²) in [5.74, 6) is -0.273. The molecule has 31 heavy (non-hydrogen) atoms. The number of aryl methyl sites for hydroxylation is 1. The second-order valence-corrected chi connectivity index (χ2v) is 11.3. The summed E-state index contributed by atoms with van der Waals surface area (Å²) in [5, 5.41) is 1.61. The van der Waals surface area contributed by atoms with Crippen LogP contribution in [0.25, 0.3) is 10.2 Å². The monoisotopic (exact) mass is 477 g/mol. The van der Waals surface area contributed by atoms with E-state index in [2.05, 4.69) is 4.90 Å². The lowest BCUT2D eigenvalue weighted by atomic mass is 10.2. The average molecular weight is 478 g/mol. The van der Waals surface area contributed by atoms with Gasteiger partial charge in [-0.2, -0.15) is 0 Å². The first-order valence-corrected chi connectivity index (χ1v) is 13.2. The van der Waals surface area contributed by atoms with Crippen LogP contribution in [0.3, 0.4) is 0 Å². The van der Waals surface area contributed by atoms with E-state index in [1.807, 2.05) is 37.3 Å². The molecule has 0 aliphatic carbocycles. The summed E-state index contributed by atoms with van der Waals surface area (Å²) >= 11 is 7.89. The lowest BCUT2D eigenvalue weighted by Gasteiger charge is -2.34. The highest BCUT2D eigenvalue weighted by Gasteiger charge is 2.25. The van der Waals surface area contributed by atoms with Crippen molar-refractivity contribution in [1.29, 1.82) is 0 Å². The van der Waals surface area contributed by atoms with Crippen LogP contribution < -0.4 is 4.90 Å². The predicted molar refractivity (Wildman–Crippen MR) is 127 cm³/mol. The molecule has 0 atom stereocenters. The van der Waals surface area contributed by atoms with Crippen LogP contribution in [0.4, 0.5) is 5.13 Å². The molecule has 1 amide bonds. The van der Waals surface area contributed by atoms with Gasteiger partial charge in [-0.1, -0.05) is 59.3 Å². The molecule has 0 unspecified atom stereocenters. The number of anilines is 1. The molecule has 1 aliphatic rings. The number of carbonyl (C=O) groups excluding carboxylic acids is 1. The summed E-state index contributed by atoms with van der Waals surface area (Å²) in [6, 6.07) is 12.9. The molecule has 1 aromatic heterocycles. The Morgan fingerprint density at radius 3 is 2.48 bits per heavy atom. The largest absolute Gasteiger partial charge is 0.345 e. The second kappa shape index (κ2) is 9.14. The highest BCUT2D eigenvalue weighted by Crippen LogP contribution is 2.35. The molecule has 1 saturated heterocycles. The molecule has 0 radical (unpaired) electrons. The first-order valence-electron chi connectivity index (χ1n) is 10.1. The lowest BCUT2D eigenvalue weighted by molar-refractivity contribution is -0.131. The number of sulfone groups is 1. The standard InChI is InChI=1S/C22H24ClN3O3S2/c1-16-7-8-18(23)21-20(16)24-22(30-21)26-12-10-25(11-13-26)19(27)9-14-31(28,29)15-17-5-3-2-4-6-17/h2-8H,9-15H2,1H3. The van der Waals surface area contributed by atoms with Gasteiger partial charge in [0, 0.05) is 32.6 Å². The smallest absolute Gasteiger partial charge is 0.223 e. The normalized spacial score (nSPS) is 14.9. The summed E-state index contributed by atoms with van der Waals surface area (Å²) in [5.41, 5.74) is 2.76. The molecule has 1 fully saturated rings. The third kappa shape index (κ3) is 5.19. The molecule has 0 spiro atoms. The zero-order chi connectivity index (χ0) is 22.0. The number of rotatable bonds is 6. The molecule has 1 aliphatic heterocycles. The Kier molecular flexibility index (Phi) is 6.50. The molecule has 4 rings (SSSR count). The molecule has 0 bridgehead atoms. The number of benzene rings is 2. The Hall–Kier alpha value is -2.16. The van der Waals surface area contributed by atoms with Crippen LogP contribution in [-0.2, 0) is 20.4 Å². The van der Waals surface area contributed by atoms with Crippen LogP contribution in [0.1, 0.15) is 17.5 Å². The summed E-state index contributed by atoms with van der Waals surface area (Å²) in [7, 11) is -3.32. The molecule has 9 heteroatoms. The maximum atomic E-state index is 12.6. The number of halogens is 1. The minimum atomic E-state index is -3.32. The van der Waals surface area contributed by atoms with Crippen molar-refractivity contribution in [2.45, 2.75) is 19.1 Å². The number of aromatic nitrogens is 1. The van der Waals surface area contributed by atoms with Gasteiger partial charge in [-0.05, 0) is 24.1 Å². The molecule has 3 aromatic rings. The van der Waals surface area contributed by atoms with Crippen molar-refractivity contribution in [3.8, 4) is 0 Å². The number of hydrogen-bond acceptors (Lipinski definition) is 6. The maximum absolute atomic E-state index is 12.6. The zero-order valence-electron chi connectivity index (χ0n) is 17.3. The summed E-state index contributed by atoms with van der Waals surface area (Å²) < 4.78 is 25.7. The van der Waals surface area contributed by atoms with Crippen molar-refractivity contribution in [2.75, 3.05) is 36.8 Å². The minimum Gasteiger partial charge on any atom is -0.345 e. The number of hydrogen-bond donors (Lipinski definition) is 0. The first kappa shape index (κ1) is 22.0. The van der Waals surface area contributed by atoms with Crippen molar-refractivity contribution in [1.82, 2.24) is 9.88 Å². The third-order valence-corrected chi connectivity index (χ3v) is 8.62. The van der Waals surface area contributed by atoms with E-state index in [1.54, 1.807) is 28.4 Å².